The third-order valence-corrected chi connectivity index (χ3v) is 4.04. The Kier molecular flexibility index (Phi) is 3.59. The predicted octanol–water partition coefficient (Wildman–Crippen LogP) is 2.54. The van der Waals surface area contributed by atoms with Gasteiger partial charge in [-0.1, -0.05) is 0 Å². The maximum atomic E-state index is 12.8. The van der Waals surface area contributed by atoms with Crippen LogP contribution in [-0.2, 0) is 0 Å². The van der Waals surface area contributed by atoms with Crippen LogP contribution in [0.3, 0.4) is 0 Å². The summed E-state index contributed by atoms with van der Waals surface area (Å²) >= 11 is 5.39. The molecule has 0 aliphatic carbocycles. The molecule has 19 heavy (non-hydrogen) atoms. The largest absolute Gasteiger partial charge is 0.483 e. The Labute approximate surface area is 130 Å². The van der Waals surface area contributed by atoms with Crippen LogP contribution in [0, 0.1) is 3.70 Å². The summed E-state index contributed by atoms with van der Waals surface area (Å²) in [7, 11) is 0. The van der Waals surface area contributed by atoms with Gasteiger partial charge in [0.2, 0.25) is 0 Å². The lowest BCUT2D eigenvalue weighted by molar-refractivity contribution is -0.140. The normalized spacial score (nSPS) is 24.9. The van der Waals surface area contributed by atoms with Gasteiger partial charge in [0.05, 0.1) is 13.1 Å². The first-order valence-electron chi connectivity index (χ1n) is 5.69. The van der Waals surface area contributed by atoms with Crippen LogP contribution in [-0.4, -0.2) is 48.2 Å². The van der Waals surface area contributed by atoms with Gasteiger partial charge < -0.3 is 9.47 Å². The van der Waals surface area contributed by atoms with Crippen molar-refractivity contribution in [3.8, 4) is 11.5 Å². The van der Waals surface area contributed by atoms with E-state index in [1.54, 1.807) is 11.0 Å². The average molecular weight is 447 g/mol. The van der Waals surface area contributed by atoms with Crippen molar-refractivity contribution in [1.29, 1.82) is 0 Å². The minimum absolute atomic E-state index is 0.197. The Morgan fingerprint density at radius 3 is 2.95 bits per heavy atom. The van der Waals surface area contributed by atoms with Crippen LogP contribution in [0.25, 0.3) is 0 Å². The molecule has 104 valence electrons. The highest BCUT2D eigenvalue weighted by Crippen LogP contribution is 2.38. The van der Waals surface area contributed by atoms with Gasteiger partial charge in [-0.05, 0) is 38.5 Å². The number of hydrogen-bond donors (Lipinski definition) is 0. The smallest absolute Gasteiger partial charge is 0.272 e. The molecule has 0 amide bonds. The van der Waals surface area contributed by atoms with Crippen LogP contribution < -0.4 is 9.47 Å². The highest BCUT2D eigenvalue weighted by Gasteiger charge is 2.44. The summed E-state index contributed by atoms with van der Waals surface area (Å²) in [5.74, 6) is -1.36. The van der Waals surface area contributed by atoms with E-state index in [-0.39, 0.29) is 19.2 Å². The molecule has 1 unspecified atom stereocenters. The molecule has 4 nitrogen and oxygen atoms in total. The summed E-state index contributed by atoms with van der Waals surface area (Å²) < 4.78 is 38.3. The molecule has 1 fully saturated rings. The molecule has 0 saturated carbocycles. The van der Waals surface area contributed by atoms with E-state index < -0.39 is 5.92 Å². The standard InChI is InChI=1S/C11H10BrF2IN2O2/c12-10-9-7(1-8(15)16-10)19-6(3-18-9)2-17-4-11(13,14)5-17/h1,6H,2-5H2. The number of aromatic nitrogens is 1. The Morgan fingerprint density at radius 1 is 1.53 bits per heavy atom. The summed E-state index contributed by atoms with van der Waals surface area (Å²) in [5, 5.41) is 0. The number of pyridine rings is 1. The Morgan fingerprint density at radius 2 is 2.26 bits per heavy atom. The molecule has 8 heteroatoms. The molecule has 1 saturated heterocycles. The Bertz CT molecular complexity index is 510. The molecule has 1 aromatic heterocycles. The molecule has 0 bridgehead atoms. The highest BCUT2D eigenvalue weighted by atomic mass is 127. The maximum Gasteiger partial charge on any atom is 0.272 e. The number of nitrogens with zero attached hydrogens (tertiary/aromatic N) is 2. The molecule has 0 aromatic carbocycles. The minimum atomic E-state index is -2.55. The second kappa shape index (κ2) is 4.96. The summed E-state index contributed by atoms with van der Waals surface area (Å²) in [5.41, 5.74) is 0. The molecule has 1 atom stereocenters. The monoisotopic (exact) mass is 446 g/mol. The van der Waals surface area contributed by atoms with Crippen LogP contribution >= 0.6 is 38.5 Å². The number of hydrogen-bond acceptors (Lipinski definition) is 4. The van der Waals surface area contributed by atoms with Crippen LogP contribution in [0.15, 0.2) is 10.7 Å². The SMILES string of the molecule is FC1(F)CN(CC2COc3c(cc(I)nc3Br)O2)C1. The third kappa shape index (κ3) is 2.94. The number of halogens is 4. The molecule has 0 radical (unpaired) electrons. The Hall–Kier alpha value is -0.220. The zero-order chi connectivity index (χ0) is 13.6. The molecule has 3 heterocycles. The van der Waals surface area contributed by atoms with E-state index in [0.717, 1.165) is 3.70 Å². The van der Waals surface area contributed by atoms with Gasteiger partial charge in [-0.3, -0.25) is 4.90 Å². The molecule has 1 aromatic rings. The van der Waals surface area contributed by atoms with Crippen LogP contribution in [0.5, 0.6) is 11.5 Å². The lowest BCUT2D eigenvalue weighted by Gasteiger charge is -2.41. The van der Waals surface area contributed by atoms with Crippen molar-refractivity contribution < 1.29 is 18.3 Å². The van der Waals surface area contributed by atoms with Gasteiger partial charge in [0.1, 0.15) is 16.4 Å². The van der Waals surface area contributed by atoms with E-state index in [2.05, 4.69) is 43.5 Å². The van der Waals surface area contributed by atoms with Crippen LogP contribution in [0.4, 0.5) is 8.78 Å². The fraction of sp³-hybridized carbons (Fsp3) is 0.545. The summed E-state index contributed by atoms with van der Waals surface area (Å²) in [6.07, 6.45) is -0.228. The third-order valence-electron chi connectivity index (χ3n) is 2.95. The molecular formula is C11H10BrF2IN2O2. The Balaban J connectivity index is 1.66. The van der Waals surface area contributed by atoms with Crippen LogP contribution in [0.1, 0.15) is 0 Å². The van der Waals surface area contributed by atoms with Gasteiger partial charge in [0, 0.05) is 12.6 Å². The maximum absolute atomic E-state index is 12.8. The lowest BCUT2D eigenvalue weighted by atomic mass is 10.1. The molecular weight excluding hydrogens is 437 g/mol. The van der Waals surface area contributed by atoms with E-state index in [4.69, 9.17) is 9.47 Å². The van der Waals surface area contributed by atoms with Crippen molar-refractivity contribution in [1.82, 2.24) is 9.88 Å². The molecule has 2 aliphatic heterocycles. The second-order valence-corrected chi connectivity index (χ2v) is 6.50. The fourth-order valence-electron chi connectivity index (χ4n) is 2.18. The number of likely N-dealkylation sites (tertiary alicyclic amines) is 1. The topological polar surface area (TPSA) is 34.6 Å². The first-order valence-corrected chi connectivity index (χ1v) is 7.56. The summed E-state index contributed by atoms with van der Waals surface area (Å²) in [6, 6.07) is 1.78. The van der Waals surface area contributed by atoms with Crippen molar-refractivity contribution >= 4 is 38.5 Å². The zero-order valence-electron chi connectivity index (χ0n) is 9.71. The fourth-order valence-corrected chi connectivity index (χ4v) is 3.53. The zero-order valence-corrected chi connectivity index (χ0v) is 13.4. The highest BCUT2D eigenvalue weighted by molar-refractivity contribution is 14.1. The number of ether oxygens (including phenoxy) is 2. The molecule has 2 aliphatic rings. The van der Waals surface area contributed by atoms with Gasteiger partial charge in [-0.2, -0.15) is 0 Å². The summed E-state index contributed by atoms with van der Waals surface area (Å²) in [4.78, 5) is 5.87. The van der Waals surface area contributed by atoms with Crippen molar-refractivity contribution in [2.45, 2.75) is 12.0 Å². The quantitative estimate of drug-likeness (QED) is 0.516. The van der Waals surface area contributed by atoms with E-state index in [1.165, 1.54) is 0 Å². The van der Waals surface area contributed by atoms with E-state index in [1.807, 2.05) is 0 Å². The molecule has 0 spiro atoms. The molecule has 3 rings (SSSR count). The van der Waals surface area contributed by atoms with Gasteiger partial charge in [-0.15, -0.1) is 0 Å². The number of alkyl halides is 2. The van der Waals surface area contributed by atoms with E-state index >= 15 is 0 Å². The first kappa shape index (κ1) is 13.7. The predicted molar refractivity (Wildman–Crippen MR) is 76.0 cm³/mol. The van der Waals surface area contributed by atoms with Crippen LogP contribution in [0.2, 0.25) is 0 Å². The first-order chi connectivity index (χ1) is 8.93. The number of fused-ring (bicyclic) bond motifs is 1. The average Bonchev–Trinajstić information content (AvgIpc) is 2.25. The van der Waals surface area contributed by atoms with Gasteiger partial charge >= 0.3 is 0 Å². The molecule has 0 N–H and O–H groups in total. The minimum Gasteiger partial charge on any atom is -0.483 e. The second-order valence-electron chi connectivity index (χ2n) is 4.64. The van der Waals surface area contributed by atoms with Gasteiger partial charge in [0.15, 0.2) is 16.1 Å². The summed E-state index contributed by atoms with van der Waals surface area (Å²) in [6.45, 7) is 0.399. The lowest BCUT2D eigenvalue weighted by Crippen LogP contribution is -2.59. The van der Waals surface area contributed by atoms with Crippen molar-refractivity contribution in [2.24, 2.45) is 0 Å². The van der Waals surface area contributed by atoms with Crippen molar-refractivity contribution in [3.05, 3.63) is 14.4 Å². The van der Waals surface area contributed by atoms with E-state index in [9.17, 15) is 8.78 Å². The number of rotatable bonds is 2. The van der Waals surface area contributed by atoms with Gasteiger partial charge in [-0.25, -0.2) is 13.8 Å². The van der Waals surface area contributed by atoms with Crippen molar-refractivity contribution in [2.75, 3.05) is 26.2 Å². The van der Waals surface area contributed by atoms with Gasteiger partial charge in [0.25, 0.3) is 5.92 Å². The van der Waals surface area contributed by atoms with E-state index in [0.29, 0.717) is 29.3 Å². The van der Waals surface area contributed by atoms with Crippen molar-refractivity contribution in [3.63, 3.8) is 0 Å².